The van der Waals surface area contributed by atoms with E-state index in [1.807, 2.05) is 0 Å². The SMILES string of the molecule is Cl[C](Cl)c1ccc([C](Cl)Cl)cc1. The summed E-state index contributed by atoms with van der Waals surface area (Å²) in [6.45, 7) is 0. The summed E-state index contributed by atoms with van der Waals surface area (Å²) in [6, 6.07) is 6.98. The minimum absolute atomic E-state index is 0.229. The molecule has 64 valence electrons. The van der Waals surface area contributed by atoms with Gasteiger partial charge in [-0.2, -0.15) is 0 Å². The van der Waals surface area contributed by atoms with Gasteiger partial charge in [-0.05, 0) is 11.1 Å². The van der Waals surface area contributed by atoms with E-state index in [0.717, 1.165) is 11.1 Å². The first kappa shape index (κ1) is 10.5. The molecule has 0 aliphatic rings. The van der Waals surface area contributed by atoms with Crippen molar-refractivity contribution in [2.24, 2.45) is 0 Å². The molecule has 0 saturated carbocycles. The van der Waals surface area contributed by atoms with Crippen LogP contribution in [0.5, 0.6) is 0 Å². The van der Waals surface area contributed by atoms with Gasteiger partial charge in [-0.3, -0.25) is 0 Å². The largest absolute Gasteiger partial charge is 0.180 e. The van der Waals surface area contributed by atoms with Gasteiger partial charge in [-0.25, -0.2) is 0 Å². The van der Waals surface area contributed by atoms with E-state index in [1.54, 1.807) is 24.3 Å². The van der Waals surface area contributed by atoms with E-state index in [4.69, 9.17) is 46.4 Å². The molecule has 0 atom stereocenters. The van der Waals surface area contributed by atoms with Crippen LogP contribution in [0.15, 0.2) is 24.3 Å². The molecule has 0 amide bonds. The molecule has 0 heterocycles. The quantitative estimate of drug-likeness (QED) is 0.724. The molecule has 1 aromatic rings. The van der Waals surface area contributed by atoms with Crippen molar-refractivity contribution in [1.82, 2.24) is 0 Å². The van der Waals surface area contributed by atoms with E-state index in [-0.39, 0.29) is 9.67 Å². The van der Waals surface area contributed by atoms with Crippen molar-refractivity contribution in [1.29, 1.82) is 0 Å². The van der Waals surface area contributed by atoms with Gasteiger partial charge in [0, 0.05) is 0 Å². The molecule has 0 spiro atoms. The molecular weight excluding hydrogens is 238 g/mol. The van der Waals surface area contributed by atoms with Crippen molar-refractivity contribution in [3.8, 4) is 0 Å². The Morgan fingerprint density at radius 1 is 0.667 bits per heavy atom. The number of hydrogen-bond acceptors (Lipinski definition) is 0. The predicted molar refractivity (Wildman–Crippen MR) is 54.5 cm³/mol. The number of benzene rings is 1. The van der Waals surface area contributed by atoms with Crippen LogP contribution in [0.4, 0.5) is 0 Å². The van der Waals surface area contributed by atoms with Crippen molar-refractivity contribution >= 4 is 46.4 Å². The van der Waals surface area contributed by atoms with Crippen molar-refractivity contribution in [3.05, 3.63) is 45.1 Å². The highest BCUT2D eigenvalue weighted by Crippen LogP contribution is 2.27. The fourth-order valence-corrected chi connectivity index (χ4v) is 1.23. The second-order valence-corrected chi connectivity index (χ2v) is 4.00. The molecule has 0 aliphatic carbocycles. The highest BCUT2D eigenvalue weighted by Gasteiger charge is 2.07. The van der Waals surface area contributed by atoms with E-state index in [0.29, 0.717) is 0 Å². The Morgan fingerprint density at radius 3 is 1.08 bits per heavy atom. The molecule has 0 saturated heterocycles. The molecule has 2 radical (unpaired) electrons. The first-order valence-electron chi connectivity index (χ1n) is 3.08. The number of hydrogen-bond donors (Lipinski definition) is 0. The molecule has 12 heavy (non-hydrogen) atoms. The van der Waals surface area contributed by atoms with Gasteiger partial charge >= 0.3 is 0 Å². The fraction of sp³-hybridized carbons (Fsp3) is 0. The van der Waals surface area contributed by atoms with Gasteiger partial charge < -0.3 is 0 Å². The Kier molecular flexibility index (Phi) is 3.98. The summed E-state index contributed by atoms with van der Waals surface area (Å²) in [5, 5.41) is 0. The van der Waals surface area contributed by atoms with Crippen LogP contribution in [-0.2, 0) is 0 Å². The summed E-state index contributed by atoms with van der Waals surface area (Å²) in [7, 11) is 0. The van der Waals surface area contributed by atoms with Crippen LogP contribution in [-0.4, -0.2) is 0 Å². The highest BCUT2D eigenvalue weighted by atomic mass is 35.5. The molecular formula is C8H4Cl4. The van der Waals surface area contributed by atoms with Gasteiger partial charge in [0.2, 0.25) is 0 Å². The van der Waals surface area contributed by atoms with Crippen LogP contribution in [0.25, 0.3) is 0 Å². The maximum Gasteiger partial charge on any atom is 0.180 e. The van der Waals surface area contributed by atoms with Crippen LogP contribution in [0.1, 0.15) is 11.1 Å². The molecule has 1 aromatic carbocycles. The van der Waals surface area contributed by atoms with Crippen molar-refractivity contribution in [2.45, 2.75) is 0 Å². The smallest absolute Gasteiger partial charge is 0.0925 e. The lowest BCUT2D eigenvalue weighted by atomic mass is 10.2. The first-order chi connectivity index (χ1) is 5.61. The van der Waals surface area contributed by atoms with Crippen LogP contribution in [0, 0.1) is 9.67 Å². The molecule has 0 fully saturated rings. The molecule has 0 bridgehead atoms. The molecule has 1 rings (SSSR count). The monoisotopic (exact) mass is 240 g/mol. The molecule has 0 N–H and O–H groups in total. The Bertz CT molecular complexity index is 213. The minimum Gasteiger partial charge on any atom is -0.0925 e. The maximum absolute atomic E-state index is 5.54. The average Bonchev–Trinajstić information content (AvgIpc) is 2.04. The van der Waals surface area contributed by atoms with Gasteiger partial charge in [-0.15, -0.1) is 0 Å². The standard InChI is InChI=1S/C8H4Cl4/c9-7(10)5-1-2-6(4-3-5)8(11)12/h1-4H. The maximum atomic E-state index is 5.54. The van der Waals surface area contributed by atoms with Crippen molar-refractivity contribution < 1.29 is 0 Å². The molecule has 4 heteroatoms. The summed E-state index contributed by atoms with van der Waals surface area (Å²) < 4.78 is 0. The Hall–Kier alpha value is 0.380. The average molecular weight is 242 g/mol. The van der Waals surface area contributed by atoms with Crippen LogP contribution >= 0.6 is 46.4 Å². The zero-order valence-electron chi connectivity index (χ0n) is 5.82. The van der Waals surface area contributed by atoms with Gasteiger partial charge in [0.25, 0.3) is 0 Å². The number of halogens is 4. The van der Waals surface area contributed by atoms with Crippen LogP contribution < -0.4 is 0 Å². The van der Waals surface area contributed by atoms with E-state index in [2.05, 4.69) is 0 Å². The number of rotatable bonds is 2. The minimum atomic E-state index is 0.229. The zero-order valence-corrected chi connectivity index (χ0v) is 8.84. The predicted octanol–water partition coefficient (Wildman–Crippen LogP) is 4.32. The first-order valence-corrected chi connectivity index (χ1v) is 4.59. The fourth-order valence-electron chi connectivity index (χ4n) is 0.722. The molecule has 0 aliphatic heterocycles. The van der Waals surface area contributed by atoms with Gasteiger partial charge in [-0.1, -0.05) is 70.7 Å². The van der Waals surface area contributed by atoms with E-state index in [1.165, 1.54) is 0 Å². The van der Waals surface area contributed by atoms with Crippen molar-refractivity contribution in [2.75, 3.05) is 0 Å². The second-order valence-electron chi connectivity index (χ2n) is 2.10. The molecule has 0 aromatic heterocycles. The van der Waals surface area contributed by atoms with Crippen LogP contribution in [0.2, 0.25) is 0 Å². The zero-order chi connectivity index (χ0) is 9.14. The lowest BCUT2D eigenvalue weighted by molar-refractivity contribution is 1.48. The van der Waals surface area contributed by atoms with Crippen molar-refractivity contribution in [3.63, 3.8) is 0 Å². The molecule has 0 unspecified atom stereocenters. The van der Waals surface area contributed by atoms with Gasteiger partial charge in [0.1, 0.15) is 0 Å². The third kappa shape index (κ3) is 2.70. The van der Waals surface area contributed by atoms with Crippen LogP contribution in [0.3, 0.4) is 0 Å². The van der Waals surface area contributed by atoms with Gasteiger partial charge in [0.15, 0.2) is 9.67 Å². The summed E-state index contributed by atoms with van der Waals surface area (Å²) in [6.07, 6.45) is 0. The van der Waals surface area contributed by atoms with E-state index in [9.17, 15) is 0 Å². The normalized spacial score (nSPS) is 11.2. The second kappa shape index (κ2) is 4.57. The Morgan fingerprint density at radius 2 is 0.917 bits per heavy atom. The third-order valence-corrected chi connectivity index (χ3v) is 2.19. The summed E-state index contributed by atoms with van der Waals surface area (Å²) in [5.41, 5.74) is 1.49. The van der Waals surface area contributed by atoms with E-state index < -0.39 is 0 Å². The highest BCUT2D eigenvalue weighted by molar-refractivity contribution is 6.55. The molecule has 0 nitrogen and oxygen atoms in total. The lowest BCUT2D eigenvalue weighted by Crippen LogP contribution is -1.85. The van der Waals surface area contributed by atoms with Gasteiger partial charge in [0.05, 0.1) is 0 Å². The topological polar surface area (TPSA) is 0 Å². The lowest BCUT2D eigenvalue weighted by Gasteiger charge is -2.02. The Labute approximate surface area is 91.4 Å². The summed E-state index contributed by atoms with van der Waals surface area (Å²) >= 11 is 22.2. The summed E-state index contributed by atoms with van der Waals surface area (Å²) in [5.74, 6) is 0. The van der Waals surface area contributed by atoms with E-state index >= 15 is 0 Å². The third-order valence-electron chi connectivity index (χ3n) is 1.32. The Balaban J connectivity index is 2.86. The summed E-state index contributed by atoms with van der Waals surface area (Å²) in [4.78, 5) is 0.458.